The Kier molecular flexibility index (Phi) is 1.98. The van der Waals surface area contributed by atoms with Crippen molar-refractivity contribution in [3.8, 4) is 0 Å². The van der Waals surface area contributed by atoms with Crippen molar-refractivity contribution in [3.63, 3.8) is 0 Å². The lowest BCUT2D eigenvalue weighted by molar-refractivity contribution is 1.28. The van der Waals surface area contributed by atoms with Crippen LogP contribution in [0, 0.1) is 0 Å². The minimum Gasteiger partial charge on any atom is -0.0616 e. The third kappa shape index (κ3) is 1.33. The summed E-state index contributed by atoms with van der Waals surface area (Å²) < 4.78 is 0. The van der Waals surface area contributed by atoms with Crippen molar-refractivity contribution in [2.45, 2.75) is 6.42 Å². The zero-order valence-electron chi connectivity index (χ0n) is 12.6. The molecule has 1 aliphatic carbocycles. The van der Waals surface area contributed by atoms with Crippen LogP contribution in [0.2, 0.25) is 0 Å². The Morgan fingerprint density at radius 3 is 2.09 bits per heavy atom. The molecule has 5 aromatic carbocycles. The van der Waals surface area contributed by atoms with Crippen LogP contribution < -0.4 is 0 Å². The van der Waals surface area contributed by atoms with Gasteiger partial charge in [-0.2, -0.15) is 0 Å². The molecule has 106 valence electrons. The summed E-state index contributed by atoms with van der Waals surface area (Å²) >= 11 is 0. The first-order valence-corrected chi connectivity index (χ1v) is 8.18. The molecule has 0 amide bonds. The van der Waals surface area contributed by atoms with Crippen LogP contribution in [0.1, 0.15) is 11.1 Å². The number of fused-ring (bicyclic) bond motifs is 5. The molecule has 0 aliphatic heterocycles. The highest BCUT2D eigenvalue weighted by Crippen LogP contribution is 2.45. The quantitative estimate of drug-likeness (QED) is 0.292. The number of hydrogen-bond donors (Lipinski definition) is 0. The van der Waals surface area contributed by atoms with Gasteiger partial charge in [0.15, 0.2) is 0 Å². The molecule has 1 aliphatic rings. The Morgan fingerprint density at radius 2 is 1.17 bits per heavy atom. The molecule has 0 N–H and O–H groups in total. The second-order valence-corrected chi connectivity index (χ2v) is 6.57. The average molecular weight is 290 g/mol. The Hall–Kier alpha value is -2.86. The molecule has 0 atom stereocenters. The first-order valence-electron chi connectivity index (χ1n) is 8.18. The van der Waals surface area contributed by atoms with Crippen molar-refractivity contribution in [3.05, 3.63) is 83.9 Å². The summed E-state index contributed by atoms with van der Waals surface area (Å²) in [5.74, 6) is 0. The van der Waals surface area contributed by atoms with Gasteiger partial charge in [0.1, 0.15) is 0 Å². The lowest BCUT2D eigenvalue weighted by Gasteiger charge is -2.12. The van der Waals surface area contributed by atoms with Crippen LogP contribution >= 0.6 is 0 Å². The fourth-order valence-corrected chi connectivity index (χ4v) is 4.52. The fraction of sp³-hybridized carbons (Fsp3) is 0.0435. The van der Waals surface area contributed by atoms with Crippen molar-refractivity contribution in [1.82, 2.24) is 0 Å². The predicted molar refractivity (Wildman–Crippen MR) is 99.3 cm³/mol. The molecule has 0 saturated heterocycles. The molecule has 0 unspecified atom stereocenters. The van der Waals surface area contributed by atoms with Crippen LogP contribution in [-0.4, -0.2) is 0 Å². The van der Waals surface area contributed by atoms with Gasteiger partial charge in [-0.1, -0.05) is 72.8 Å². The van der Waals surface area contributed by atoms with Crippen LogP contribution in [-0.2, 0) is 6.42 Å². The molecule has 0 saturated carbocycles. The fourth-order valence-electron chi connectivity index (χ4n) is 4.52. The van der Waals surface area contributed by atoms with E-state index in [-0.39, 0.29) is 0 Å². The molecule has 0 radical (unpaired) electrons. The Labute approximate surface area is 134 Å². The Morgan fingerprint density at radius 1 is 0.478 bits per heavy atom. The van der Waals surface area contributed by atoms with E-state index in [1.54, 1.807) is 0 Å². The molecule has 0 heteroatoms. The van der Waals surface area contributed by atoms with Crippen LogP contribution in [0.5, 0.6) is 0 Å². The van der Waals surface area contributed by atoms with Gasteiger partial charge in [0.2, 0.25) is 0 Å². The molecular formula is C23H14. The molecular weight excluding hydrogens is 276 g/mol. The smallest absolute Gasteiger partial charge is 0.00128 e. The molecule has 23 heavy (non-hydrogen) atoms. The van der Waals surface area contributed by atoms with Gasteiger partial charge >= 0.3 is 0 Å². The van der Waals surface area contributed by atoms with Gasteiger partial charge in [0.25, 0.3) is 0 Å². The lowest BCUT2D eigenvalue weighted by atomic mass is 9.91. The first kappa shape index (κ1) is 11.7. The van der Waals surface area contributed by atoms with Gasteiger partial charge < -0.3 is 0 Å². The highest BCUT2D eigenvalue weighted by atomic mass is 14.2. The topological polar surface area (TPSA) is 0 Å². The first-order chi connectivity index (χ1) is 11.4. The van der Waals surface area contributed by atoms with Crippen LogP contribution in [0.4, 0.5) is 0 Å². The predicted octanol–water partition coefficient (Wildman–Crippen LogP) is 6.20. The van der Waals surface area contributed by atoms with Gasteiger partial charge in [0.05, 0.1) is 0 Å². The summed E-state index contributed by atoms with van der Waals surface area (Å²) in [5.41, 5.74) is 2.96. The third-order valence-electron chi connectivity index (χ3n) is 5.40. The molecule has 0 spiro atoms. The third-order valence-corrected chi connectivity index (χ3v) is 5.40. The molecule has 0 fully saturated rings. The van der Waals surface area contributed by atoms with E-state index in [0.717, 1.165) is 6.42 Å². The maximum absolute atomic E-state index is 2.39. The maximum atomic E-state index is 2.39. The van der Waals surface area contributed by atoms with Gasteiger partial charge in [-0.05, 0) is 60.6 Å². The van der Waals surface area contributed by atoms with E-state index in [9.17, 15) is 0 Å². The number of rotatable bonds is 0. The monoisotopic (exact) mass is 290 g/mol. The maximum Gasteiger partial charge on any atom is -0.00128 e. The summed E-state index contributed by atoms with van der Waals surface area (Å²) in [5, 5.41) is 11.3. The molecule has 0 aromatic heterocycles. The minimum absolute atomic E-state index is 1.06. The van der Waals surface area contributed by atoms with Crippen molar-refractivity contribution in [2.75, 3.05) is 0 Å². The second kappa shape index (κ2) is 3.91. The lowest BCUT2D eigenvalue weighted by Crippen LogP contribution is -1.85. The summed E-state index contributed by atoms with van der Waals surface area (Å²) in [6.07, 6.45) is 1.06. The normalized spacial score (nSPS) is 13.0. The zero-order valence-corrected chi connectivity index (χ0v) is 12.6. The Bertz CT molecular complexity index is 1270. The van der Waals surface area contributed by atoms with E-state index in [1.807, 2.05) is 0 Å². The SMILES string of the molecule is c1ccc2c(c1)cc1c3c4c(cccc4c4ccccc4c23)C1. The molecule has 0 nitrogen and oxygen atoms in total. The van der Waals surface area contributed by atoms with Gasteiger partial charge in [-0.15, -0.1) is 0 Å². The number of hydrogen-bond acceptors (Lipinski definition) is 0. The average Bonchev–Trinajstić information content (AvgIpc) is 2.98. The van der Waals surface area contributed by atoms with Gasteiger partial charge in [-0.3, -0.25) is 0 Å². The number of benzene rings is 5. The zero-order chi connectivity index (χ0) is 15.0. The summed E-state index contributed by atoms with van der Waals surface area (Å²) in [6.45, 7) is 0. The van der Waals surface area contributed by atoms with Crippen LogP contribution in [0.3, 0.4) is 0 Å². The highest BCUT2D eigenvalue weighted by molar-refractivity contribution is 6.33. The highest BCUT2D eigenvalue weighted by Gasteiger charge is 2.21. The standard InChI is InChI=1S/C23H14/c1-2-8-17-14(6-1)12-16-13-15-7-5-11-19-18-9-3-4-10-20(18)23(17)22(16)21(15)19/h1-12H,13H2. The van der Waals surface area contributed by atoms with Crippen molar-refractivity contribution in [2.24, 2.45) is 0 Å². The molecule has 6 rings (SSSR count). The van der Waals surface area contributed by atoms with E-state index in [1.165, 1.54) is 54.2 Å². The van der Waals surface area contributed by atoms with E-state index in [4.69, 9.17) is 0 Å². The van der Waals surface area contributed by atoms with Crippen molar-refractivity contribution < 1.29 is 0 Å². The van der Waals surface area contributed by atoms with Crippen molar-refractivity contribution in [1.29, 1.82) is 0 Å². The van der Waals surface area contributed by atoms with Crippen LogP contribution in [0.15, 0.2) is 72.8 Å². The van der Waals surface area contributed by atoms with E-state index in [2.05, 4.69) is 72.8 Å². The van der Waals surface area contributed by atoms with E-state index >= 15 is 0 Å². The van der Waals surface area contributed by atoms with Gasteiger partial charge in [0, 0.05) is 0 Å². The van der Waals surface area contributed by atoms with E-state index in [0.29, 0.717) is 0 Å². The summed E-state index contributed by atoms with van der Waals surface area (Å²) in [4.78, 5) is 0. The van der Waals surface area contributed by atoms with Crippen molar-refractivity contribution >= 4 is 43.1 Å². The molecule has 5 aromatic rings. The summed E-state index contributed by atoms with van der Waals surface area (Å²) in [6, 6.07) is 26.9. The molecule has 0 heterocycles. The summed E-state index contributed by atoms with van der Waals surface area (Å²) in [7, 11) is 0. The second-order valence-electron chi connectivity index (χ2n) is 6.57. The molecule has 0 bridgehead atoms. The van der Waals surface area contributed by atoms with E-state index < -0.39 is 0 Å². The minimum atomic E-state index is 1.06. The largest absolute Gasteiger partial charge is 0.0616 e. The Balaban J connectivity index is 2.10. The van der Waals surface area contributed by atoms with Gasteiger partial charge in [-0.25, -0.2) is 0 Å². The van der Waals surface area contributed by atoms with Crippen LogP contribution in [0.25, 0.3) is 43.1 Å².